The molecule has 0 spiro atoms. The Kier molecular flexibility index (Phi) is 7.36. The quantitative estimate of drug-likeness (QED) is 0.218. The molecule has 11 heteroatoms. The molecule has 3 N–H and O–H groups in total. The van der Waals surface area contributed by atoms with Crippen LogP contribution < -0.4 is 20.7 Å². The Balaban J connectivity index is 1.34. The Morgan fingerprint density at radius 3 is 2.50 bits per heavy atom. The van der Waals surface area contributed by atoms with E-state index in [-0.39, 0.29) is 23.3 Å². The number of halogens is 1. The van der Waals surface area contributed by atoms with Crippen molar-refractivity contribution < 1.29 is 18.7 Å². The lowest BCUT2D eigenvalue weighted by atomic mass is 10.1. The summed E-state index contributed by atoms with van der Waals surface area (Å²) in [7, 11) is 0. The van der Waals surface area contributed by atoms with Gasteiger partial charge in [0.2, 0.25) is 5.91 Å². The van der Waals surface area contributed by atoms with Crippen molar-refractivity contribution in [3.63, 3.8) is 0 Å². The van der Waals surface area contributed by atoms with E-state index >= 15 is 0 Å². The molecule has 0 bridgehead atoms. The van der Waals surface area contributed by atoms with Gasteiger partial charge in [-0.2, -0.15) is 5.10 Å². The van der Waals surface area contributed by atoms with Gasteiger partial charge in [-0.25, -0.2) is 18.9 Å². The van der Waals surface area contributed by atoms with Crippen LogP contribution in [-0.4, -0.2) is 31.7 Å². The molecule has 0 radical (unpaired) electrons. The smallest absolute Gasteiger partial charge is 0.324 e. The van der Waals surface area contributed by atoms with Crippen molar-refractivity contribution in [2.75, 3.05) is 16.0 Å². The first-order chi connectivity index (χ1) is 19.2. The van der Waals surface area contributed by atoms with Crippen LogP contribution in [0.4, 0.5) is 26.5 Å². The first kappa shape index (κ1) is 26.3. The highest BCUT2D eigenvalue weighted by molar-refractivity contribution is 5.99. The zero-order valence-electron chi connectivity index (χ0n) is 22.0. The number of urea groups is 1. The van der Waals surface area contributed by atoms with Gasteiger partial charge >= 0.3 is 6.03 Å². The second-order valence-corrected chi connectivity index (χ2v) is 9.28. The molecule has 3 amide bonds. The van der Waals surface area contributed by atoms with E-state index in [4.69, 9.17) is 4.74 Å². The topological polar surface area (TPSA) is 123 Å². The van der Waals surface area contributed by atoms with Crippen LogP contribution >= 0.6 is 0 Å². The molecule has 0 saturated heterocycles. The third kappa shape index (κ3) is 6.04. The summed E-state index contributed by atoms with van der Waals surface area (Å²) in [5.74, 6) is 0.669. The van der Waals surface area contributed by atoms with Crippen LogP contribution in [-0.2, 0) is 4.79 Å². The van der Waals surface area contributed by atoms with Crippen molar-refractivity contribution in [2.24, 2.45) is 0 Å². The SMILES string of the molecule is CC(=O)Nc1ccc(Oc2ccc(F)c(NC(=O)Nc3cc(C(C)C)nn3-c3ccc4ncccc4c3)c2)cn1. The molecule has 0 saturated carbocycles. The molecule has 3 heterocycles. The fourth-order valence-electron chi connectivity index (χ4n) is 3.93. The van der Waals surface area contributed by atoms with E-state index in [0.717, 1.165) is 22.3 Å². The Morgan fingerprint density at radius 2 is 1.75 bits per heavy atom. The molecule has 0 fully saturated rings. The minimum Gasteiger partial charge on any atom is -0.456 e. The van der Waals surface area contributed by atoms with Gasteiger partial charge in [-0.15, -0.1) is 0 Å². The van der Waals surface area contributed by atoms with Crippen LogP contribution in [0.5, 0.6) is 11.5 Å². The van der Waals surface area contributed by atoms with Crippen LogP contribution in [0, 0.1) is 5.82 Å². The van der Waals surface area contributed by atoms with Gasteiger partial charge < -0.3 is 15.4 Å². The second-order valence-electron chi connectivity index (χ2n) is 9.28. The summed E-state index contributed by atoms with van der Waals surface area (Å²) in [6, 6.07) is 17.8. The van der Waals surface area contributed by atoms with E-state index in [1.165, 1.54) is 31.3 Å². The van der Waals surface area contributed by atoms with Gasteiger partial charge in [0.1, 0.15) is 29.0 Å². The molecule has 5 aromatic rings. The van der Waals surface area contributed by atoms with Crippen molar-refractivity contribution in [3.8, 4) is 17.2 Å². The summed E-state index contributed by atoms with van der Waals surface area (Å²) in [4.78, 5) is 32.6. The Bertz CT molecular complexity index is 1700. The summed E-state index contributed by atoms with van der Waals surface area (Å²) in [5, 5.41) is 13.5. The predicted octanol–water partition coefficient (Wildman–Crippen LogP) is 6.47. The van der Waals surface area contributed by atoms with Crippen molar-refractivity contribution in [2.45, 2.75) is 26.7 Å². The molecule has 40 heavy (non-hydrogen) atoms. The lowest BCUT2D eigenvalue weighted by molar-refractivity contribution is -0.114. The number of amides is 3. The summed E-state index contributed by atoms with van der Waals surface area (Å²) in [5.41, 5.74) is 2.28. The first-order valence-corrected chi connectivity index (χ1v) is 12.5. The maximum atomic E-state index is 14.6. The molecule has 2 aromatic carbocycles. The van der Waals surface area contributed by atoms with Gasteiger partial charge in [0, 0.05) is 30.6 Å². The Labute approximate surface area is 229 Å². The van der Waals surface area contributed by atoms with Crippen molar-refractivity contribution >= 4 is 40.2 Å². The predicted molar refractivity (Wildman–Crippen MR) is 151 cm³/mol. The summed E-state index contributed by atoms with van der Waals surface area (Å²) < 4.78 is 22.0. The number of rotatable bonds is 7. The molecule has 5 rings (SSSR count). The number of nitrogens with zero attached hydrogens (tertiary/aromatic N) is 4. The van der Waals surface area contributed by atoms with Crippen LogP contribution in [0.1, 0.15) is 32.4 Å². The van der Waals surface area contributed by atoms with E-state index in [1.807, 2.05) is 44.2 Å². The maximum Gasteiger partial charge on any atom is 0.324 e. The van der Waals surface area contributed by atoms with Crippen LogP contribution in [0.3, 0.4) is 0 Å². The molecular weight excluding hydrogens is 513 g/mol. The van der Waals surface area contributed by atoms with Crippen LogP contribution in [0.2, 0.25) is 0 Å². The number of anilines is 3. The summed E-state index contributed by atoms with van der Waals surface area (Å²) >= 11 is 0. The number of carbonyl (C=O) groups is 2. The number of benzene rings is 2. The lowest BCUT2D eigenvalue weighted by Crippen LogP contribution is -2.22. The van der Waals surface area contributed by atoms with Crippen molar-refractivity contribution in [3.05, 3.63) is 90.6 Å². The number of aromatic nitrogens is 4. The average Bonchev–Trinajstić information content (AvgIpc) is 3.35. The standard InChI is InChI=1S/C29H26FN7O3/c1-17(2)25-15-28(37(36-25)20-6-10-24-19(13-20)5-4-12-31-24)35-29(39)34-26-14-21(7-9-23(26)30)40-22-8-11-27(32-16-22)33-18(3)38/h4-17H,1-3H3,(H,32,33,38)(H2,34,35,39). The number of fused-ring (bicyclic) bond motifs is 1. The van der Waals surface area contributed by atoms with Gasteiger partial charge in [-0.3, -0.25) is 15.1 Å². The largest absolute Gasteiger partial charge is 0.456 e. The van der Waals surface area contributed by atoms with Gasteiger partial charge in [0.15, 0.2) is 0 Å². The van der Waals surface area contributed by atoms with E-state index in [1.54, 1.807) is 29.1 Å². The first-order valence-electron chi connectivity index (χ1n) is 12.5. The summed E-state index contributed by atoms with van der Waals surface area (Å²) in [6.45, 7) is 5.39. The third-order valence-corrected chi connectivity index (χ3v) is 5.85. The highest BCUT2D eigenvalue weighted by Crippen LogP contribution is 2.28. The second kappa shape index (κ2) is 11.2. The maximum absolute atomic E-state index is 14.6. The molecule has 202 valence electrons. The number of ether oxygens (including phenoxy) is 1. The van der Waals surface area contributed by atoms with Crippen LogP contribution in [0.15, 0.2) is 79.1 Å². The van der Waals surface area contributed by atoms with Gasteiger partial charge in [-0.1, -0.05) is 19.9 Å². The zero-order valence-corrected chi connectivity index (χ0v) is 22.0. The highest BCUT2D eigenvalue weighted by Gasteiger charge is 2.16. The van der Waals surface area contributed by atoms with Gasteiger partial charge in [0.25, 0.3) is 0 Å². The van der Waals surface area contributed by atoms with Gasteiger partial charge in [0.05, 0.1) is 28.8 Å². The number of pyridine rings is 2. The van der Waals surface area contributed by atoms with E-state index in [9.17, 15) is 14.0 Å². The zero-order chi connectivity index (χ0) is 28.2. The van der Waals surface area contributed by atoms with E-state index < -0.39 is 11.8 Å². The molecule has 10 nitrogen and oxygen atoms in total. The average molecular weight is 540 g/mol. The van der Waals surface area contributed by atoms with E-state index in [2.05, 4.69) is 31.0 Å². The molecule has 0 atom stereocenters. The minimum absolute atomic E-state index is 0.0789. The van der Waals surface area contributed by atoms with E-state index in [0.29, 0.717) is 17.4 Å². The van der Waals surface area contributed by atoms with Crippen molar-refractivity contribution in [1.82, 2.24) is 19.7 Å². The van der Waals surface area contributed by atoms with Crippen molar-refractivity contribution in [1.29, 1.82) is 0 Å². The Morgan fingerprint density at radius 1 is 0.925 bits per heavy atom. The molecular formula is C29H26FN7O3. The lowest BCUT2D eigenvalue weighted by Gasteiger charge is -2.12. The number of hydrogen-bond acceptors (Lipinski definition) is 6. The molecule has 0 aliphatic heterocycles. The summed E-state index contributed by atoms with van der Waals surface area (Å²) in [6.07, 6.45) is 3.15. The molecule has 0 unspecified atom stereocenters. The van der Waals surface area contributed by atoms with Crippen LogP contribution in [0.25, 0.3) is 16.6 Å². The number of carbonyl (C=O) groups excluding carboxylic acids is 2. The number of nitrogens with one attached hydrogen (secondary N) is 3. The fraction of sp³-hybridized carbons (Fsp3) is 0.138. The monoisotopic (exact) mass is 539 g/mol. The fourth-order valence-corrected chi connectivity index (χ4v) is 3.93. The van der Waals surface area contributed by atoms with Gasteiger partial charge in [-0.05, 0) is 54.4 Å². The molecule has 3 aromatic heterocycles. The Hall–Kier alpha value is -5.32. The third-order valence-electron chi connectivity index (χ3n) is 5.85. The molecule has 0 aliphatic rings. The number of hydrogen-bond donors (Lipinski definition) is 3. The molecule has 0 aliphatic carbocycles. The highest BCUT2D eigenvalue weighted by atomic mass is 19.1. The minimum atomic E-state index is -0.656. The normalized spacial score (nSPS) is 10.9.